The van der Waals surface area contributed by atoms with Crippen LogP contribution in [0.15, 0.2) is 83.7 Å². The average molecular weight is 385 g/mol. The van der Waals surface area contributed by atoms with E-state index < -0.39 is 4.92 Å². The Kier molecular flexibility index (Phi) is 4.62. The highest BCUT2D eigenvalue weighted by Gasteiger charge is 2.13. The molecular formula is C22H15N3O4. The van der Waals surface area contributed by atoms with Crippen molar-refractivity contribution in [1.82, 2.24) is 9.55 Å². The molecule has 0 radical (unpaired) electrons. The maximum atomic E-state index is 13.1. The normalized spacial score (nSPS) is 11.5. The van der Waals surface area contributed by atoms with Gasteiger partial charge in [0.2, 0.25) is 0 Å². The van der Waals surface area contributed by atoms with E-state index in [4.69, 9.17) is 0 Å². The molecule has 1 heterocycles. The summed E-state index contributed by atoms with van der Waals surface area (Å²) in [4.78, 5) is 27.8. The number of para-hydroxylation sites is 3. The topological polar surface area (TPSA) is 98.3 Å². The first-order valence-electron chi connectivity index (χ1n) is 8.77. The molecular weight excluding hydrogens is 370 g/mol. The highest BCUT2D eigenvalue weighted by Crippen LogP contribution is 2.20. The van der Waals surface area contributed by atoms with Crippen LogP contribution in [-0.2, 0) is 0 Å². The summed E-state index contributed by atoms with van der Waals surface area (Å²) in [6, 6.07) is 21.8. The molecule has 0 unspecified atom stereocenters. The first-order valence-corrected chi connectivity index (χ1v) is 8.77. The smallest absolute Gasteiger partial charge is 0.281 e. The van der Waals surface area contributed by atoms with Gasteiger partial charge >= 0.3 is 0 Å². The zero-order chi connectivity index (χ0) is 20.4. The Balaban J connectivity index is 1.88. The highest BCUT2D eigenvalue weighted by atomic mass is 16.6. The number of fused-ring (bicyclic) bond motifs is 1. The quantitative estimate of drug-likeness (QED) is 0.320. The van der Waals surface area contributed by atoms with Gasteiger partial charge in [-0.05, 0) is 36.4 Å². The third-order valence-corrected chi connectivity index (χ3v) is 4.45. The van der Waals surface area contributed by atoms with Gasteiger partial charge in [-0.2, -0.15) is 0 Å². The Morgan fingerprint density at radius 3 is 2.31 bits per heavy atom. The SMILES string of the molecule is O=c1c(/C=C(\O)c2ccc([N+](=O)[O-])cc2)nc2ccccc2n1-c1ccccc1. The van der Waals surface area contributed by atoms with Crippen molar-refractivity contribution in [2.45, 2.75) is 0 Å². The number of nitrogens with zero attached hydrogens (tertiary/aromatic N) is 3. The molecule has 0 saturated heterocycles. The van der Waals surface area contributed by atoms with Crippen molar-refractivity contribution in [3.05, 3.63) is 111 Å². The molecule has 142 valence electrons. The van der Waals surface area contributed by atoms with E-state index in [1.807, 2.05) is 42.5 Å². The van der Waals surface area contributed by atoms with Gasteiger partial charge in [-0.15, -0.1) is 0 Å². The number of aliphatic hydroxyl groups is 1. The third kappa shape index (κ3) is 3.49. The number of rotatable bonds is 4. The van der Waals surface area contributed by atoms with Crippen LogP contribution in [0.1, 0.15) is 11.3 Å². The summed E-state index contributed by atoms with van der Waals surface area (Å²) in [5.41, 5.74) is 1.86. The third-order valence-electron chi connectivity index (χ3n) is 4.45. The molecule has 0 saturated carbocycles. The molecule has 29 heavy (non-hydrogen) atoms. The zero-order valence-electron chi connectivity index (χ0n) is 15.1. The number of hydrogen-bond donors (Lipinski definition) is 1. The Morgan fingerprint density at radius 2 is 1.62 bits per heavy atom. The number of non-ortho nitro benzene ring substituents is 1. The minimum atomic E-state index is -0.520. The molecule has 4 aromatic rings. The Hall–Kier alpha value is -4.26. The van der Waals surface area contributed by atoms with Crippen molar-refractivity contribution in [3.8, 4) is 5.69 Å². The van der Waals surface area contributed by atoms with Gasteiger partial charge in [-0.3, -0.25) is 19.5 Å². The van der Waals surface area contributed by atoms with E-state index in [0.717, 1.165) is 0 Å². The lowest BCUT2D eigenvalue weighted by molar-refractivity contribution is -0.384. The summed E-state index contributed by atoms with van der Waals surface area (Å²) in [5.74, 6) is -0.209. The summed E-state index contributed by atoms with van der Waals surface area (Å²) in [5, 5.41) is 21.3. The van der Waals surface area contributed by atoms with Crippen molar-refractivity contribution < 1.29 is 10.0 Å². The molecule has 0 aliphatic heterocycles. The molecule has 0 aliphatic rings. The molecule has 3 aromatic carbocycles. The monoisotopic (exact) mass is 385 g/mol. The second-order valence-corrected chi connectivity index (χ2v) is 6.30. The largest absolute Gasteiger partial charge is 0.507 e. The molecule has 0 atom stereocenters. The number of aliphatic hydroxyl groups excluding tert-OH is 1. The first kappa shape index (κ1) is 18.1. The molecule has 0 aliphatic carbocycles. The van der Waals surface area contributed by atoms with Gasteiger partial charge in [0, 0.05) is 29.5 Å². The molecule has 7 nitrogen and oxygen atoms in total. The fourth-order valence-corrected chi connectivity index (χ4v) is 3.04. The minimum absolute atomic E-state index is 0.0587. The number of nitro benzene ring substituents is 1. The van der Waals surface area contributed by atoms with Crippen molar-refractivity contribution in [3.63, 3.8) is 0 Å². The van der Waals surface area contributed by atoms with E-state index in [2.05, 4.69) is 4.98 Å². The van der Waals surface area contributed by atoms with E-state index in [0.29, 0.717) is 22.3 Å². The van der Waals surface area contributed by atoms with Crippen LogP contribution in [0.3, 0.4) is 0 Å². The van der Waals surface area contributed by atoms with Crippen molar-refractivity contribution in [2.24, 2.45) is 0 Å². The van der Waals surface area contributed by atoms with Crippen molar-refractivity contribution in [1.29, 1.82) is 0 Å². The fourth-order valence-electron chi connectivity index (χ4n) is 3.04. The summed E-state index contributed by atoms with van der Waals surface area (Å²) in [7, 11) is 0. The summed E-state index contributed by atoms with van der Waals surface area (Å²) >= 11 is 0. The summed E-state index contributed by atoms with van der Waals surface area (Å²) in [6.45, 7) is 0. The Labute approximate surface area is 165 Å². The number of benzene rings is 3. The van der Waals surface area contributed by atoms with Crippen LogP contribution in [0.25, 0.3) is 28.6 Å². The molecule has 0 spiro atoms. The lowest BCUT2D eigenvalue weighted by Gasteiger charge is -2.11. The average Bonchev–Trinajstić information content (AvgIpc) is 2.75. The van der Waals surface area contributed by atoms with Crippen LogP contribution in [0.4, 0.5) is 5.69 Å². The standard InChI is InChI=1S/C22H15N3O4/c26-21(15-10-12-17(13-11-15)25(28)29)14-19-22(27)24(16-6-2-1-3-7-16)20-9-5-4-8-18(20)23-19/h1-14,26H/b21-14-. The van der Waals surface area contributed by atoms with Crippen LogP contribution in [-0.4, -0.2) is 19.6 Å². The highest BCUT2D eigenvalue weighted by molar-refractivity contribution is 5.81. The van der Waals surface area contributed by atoms with Crippen LogP contribution in [0.2, 0.25) is 0 Å². The molecule has 0 fully saturated rings. The van der Waals surface area contributed by atoms with Crippen molar-refractivity contribution >= 4 is 28.6 Å². The number of hydrogen-bond acceptors (Lipinski definition) is 5. The Morgan fingerprint density at radius 1 is 0.966 bits per heavy atom. The van der Waals surface area contributed by atoms with E-state index in [1.165, 1.54) is 34.9 Å². The van der Waals surface area contributed by atoms with E-state index in [1.54, 1.807) is 12.1 Å². The van der Waals surface area contributed by atoms with Crippen molar-refractivity contribution in [2.75, 3.05) is 0 Å². The van der Waals surface area contributed by atoms with E-state index >= 15 is 0 Å². The molecule has 0 bridgehead atoms. The fraction of sp³-hybridized carbons (Fsp3) is 0. The number of nitro groups is 1. The second kappa shape index (κ2) is 7.40. The van der Waals surface area contributed by atoms with Crippen LogP contribution in [0.5, 0.6) is 0 Å². The Bertz CT molecular complexity index is 1290. The maximum Gasteiger partial charge on any atom is 0.281 e. The number of aromatic nitrogens is 2. The molecule has 7 heteroatoms. The van der Waals surface area contributed by atoms with E-state index in [-0.39, 0.29) is 22.7 Å². The molecule has 1 N–H and O–H groups in total. The zero-order valence-corrected chi connectivity index (χ0v) is 15.1. The molecule has 0 amide bonds. The van der Waals surface area contributed by atoms with Gasteiger partial charge in [0.15, 0.2) is 0 Å². The van der Waals surface area contributed by atoms with Gasteiger partial charge in [-0.1, -0.05) is 30.3 Å². The lowest BCUT2D eigenvalue weighted by Crippen LogP contribution is -2.22. The molecule has 1 aromatic heterocycles. The van der Waals surface area contributed by atoms with Gasteiger partial charge in [0.25, 0.3) is 11.2 Å². The summed E-state index contributed by atoms with van der Waals surface area (Å²) in [6.07, 6.45) is 1.27. The predicted molar refractivity (Wildman–Crippen MR) is 111 cm³/mol. The van der Waals surface area contributed by atoms with Gasteiger partial charge in [0.1, 0.15) is 11.5 Å². The van der Waals surface area contributed by atoms with Gasteiger partial charge in [0.05, 0.1) is 16.0 Å². The van der Waals surface area contributed by atoms with Crippen LogP contribution in [0, 0.1) is 10.1 Å². The van der Waals surface area contributed by atoms with Crippen LogP contribution < -0.4 is 5.56 Å². The van der Waals surface area contributed by atoms with Crippen LogP contribution >= 0.6 is 0 Å². The minimum Gasteiger partial charge on any atom is -0.507 e. The summed E-state index contributed by atoms with van der Waals surface area (Å²) < 4.78 is 1.54. The maximum absolute atomic E-state index is 13.1. The first-order chi connectivity index (χ1) is 14.0. The van der Waals surface area contributed by atoms with Gasteiger partial charge in [-0.25, -0.2) is 4.98 Å². The van der Waals surface area contributed by atoms with Gasteiger partial charge < -0.3 is 5.11 Å². The van der Waals surface area contributed by atoms with E-state index in [9.17, 15) is 20.0 Å². The lowest BCUT2D eigenvalue weighted by atomic mass is 10.1. The molecule has 4 rings (SSSR count). The second-order valence-electron chi connectivity index (χ2n) is 6.30. The predicted octanol–water partition coefficient (Wildman–Crippen LogP) is 4.35.